The molecule has 172 valence electrons. The Morgan fingerprint density at radius 1 is 0.321 bits per heavy atom. The number of unbranched alkanes of at least 4 members (excludes halogenated alkanes) is 18. The summed E-state index contributed by atoms with van der Waals surface area (Å²) in [4.78, 5) is 0. The molecule has 0 aliphatic carbocycles. The van der Waals surface area contributed by atoms with Gasteiger partial charge in [0.1, 0.15) is 0 Å². The van der Waals surface area contributed by atoms with Gasteiger partial charge >= 0.3 is 0 Å². The summed E-state index contributed by atoms with van der Waals surface area (Å²) in [5.74, 6) is 0. The predicted octanol–water partition coefficient (Wildman–Crippen LogP) is 10.3. The third kappa shape index (κ3) is 33.5. The Hall–Kier alpha value is -0.0400. The summed E-state index contributed by atoms with van der Waals surface area (Å²) in [6, 6.07) is 0. The monoisotopic (exact) mass is 398 g/mol. The van der Waals surface area contributed by atoms with E-state index in [0.29, 0.717) is 0 Å². The third-order valence-corrected chi connectivity index (χ3v) is 5.28. The van der Waals surface area contributed by atoms with Crippen molar-refractivity contribution >= 4 is 0 Å². The molecule has 0 aliphatic rings. The SMILES string of the molecule is CCC.CCCCCCCCCCCCOCCCCCCCCCCCC. The van der Waals surface area contributed by atoms with Crippen molar-refractivity contribution in [3.8, 4) is 0 Å². The van der Waals surface area contributed by atoms with E-state index in [1.54, 1.807) is 0 Å². The van der Waals surface area contributed by atoms with Crippen molar-refractivity contribution in [2.24, 2.45) is 0 Å². The highest BCUT2D eigenvalue weighted by Crippen LogP contribution is 2.12. The van der Waals surface area contributed by atoms with Gasteiger partial charge in [0.2, 0.25) is 0 Å². The molecule has 0 aromatic heterocycles. The average molecular weight is 399 g/mol. The lowest BCUT2D eigenvalue weighted by Gasteiger charge is -2.05. The normalized spacial score (nSPS) is 10.7. The molecule has 0 N–H and O–H groups in total. The smallest absolute Gasteiger partial charge is 0.0466 e. The van der Waals surface area contributed by atoms with Gasteiger partial charge in [-0.2, -0.15) is 0 Å². The van der Waals surface area contributed by atoms with Crippen molar-refractivity contribution in [1.82, 2.24) is 0 Å². The molecule has 0 fully saturated rings. The van der Waals surface area contributed by atoms with Crippen LogP contribution in [0.1, 0.15) is 163 Å². The zero-order valence-electron chi connectivity index (χ0n) is 20.7. The van der Waals surface area contributed by atoms with Crippen LogP contribution in [0.5, 0.6) is 0 Å². The van der Waals surface area contributed by atoms with Crippen molar-refractivity contribution < 1.29 is 4.74 Å². The molecule has 1 heteroatoms. The predicted molar refractivity (Wildman–Crippen MR) is 130 cm³/mol. The van der Waals surface area contributed by atoms with Gasteiger partial charge < -0.3 is 4.74 Å². The number of hydrogen-bond acceptors (Lipinski definition) is 1. The first-order valence-corrected chi connectivity index (χ1v) is 13.4. The molecule has 0 heterocycles. The molecular weight excluding hydrogens is 340 g/mol. The fourth-order valence-corrected chi connectivity index (χ4v) is 3.49. The molecule has 0 atom stereocenters. The zero-order chi connectivity index (χ0) is 21.0. The summed E-state index contributed by atoms with van der Waals surface area (Å²) in [5.41, 5.74) is 0. The fraction of sp³-hybridized carbons (Fsp3) is 1.00. The fourth-order valence-electron chi connectivity index (χ4n) is 3.49. The molecule has 0 amide bonds. The van der Waals surface area contributed by atoms with E-state index in [1.165, 1.54) is 135 Å². The Balaban J connectivity index is 0. The van der Waals surface area contributed by atoms with Gasteiger partial charge in [0, 0.05) is 13.2 Å². The van der Waals surface area contributed by atoms with Crippen LogP contribution in [-0.2, 0) is 4.74 Å². The minimum atomic E-state index is 0.994. The highest BCUT2D eigenvalue weighted by molar-refractivity contribution is 4.49. The lowest BCUT2D eigenvalue weighted by molar-refractivity contribution is 0.125. The van der Waals surface area contributed by atoms with E-state index in [1.807, 2.05) is 0 Å². The van der Waals surface area contributed by atoms with E-state index < -0.39 is 0 Å². The van der Waals surface area contributed by atoms with Gasteiger partial charge in [-0.05, 0) is 12.8 Å². The van der Waals surface area contributed by atoms with Crippen molar-refractivity contribution in [2.75, 3.05) is 13.2 Å². The summed E-state index contributed by atoms with van der Waals surface area (Å²) in [6.45, 7) is 10.8. The van der Waals surface area contributed by atoms with Gasteiger partial charge in [0.05, 0.1) is 0 Å². The van der Waals surface area contributed by atoms with Crippen molar-refractivity contribution in [1.29, 1.82) is 0 Å². The first kappa shape index (κ1) is 30.2. The van der Waals surface area contributed by atoms with Crippen LogP contribution in [0, 0.1) is 0 Å². The van der Waals surface area contributed by atoms with Crippen LogP contribution in [0.15, 0.2) is 0 Å². The van der Waals surface area contributed by atoms with Gasteiger partial charge in [-0.15, -0.1) is 0 Å². The molecule has 0 rings (SSSR count). The van der Waals surface area contributed by atoms with E-state index in [4.69, 9.17) is 4.74 Å². The molecule has 1 nitrogen and oxygen atoms in total. The molecule has 0 unspecified atom stereocenters. The summed E-state index contributed by atoms with van der Waals surface area (Å²) in [5, 5.41) is 0. The lowest BCUT2D eigenvalue weighted by atomic mass is 10.1. The van der Waals surface area contributed by atoms with Gasteiger partial charge in [-0.3, -0.25) is 0 Å². The quantitative estimate of drug-likeness (QED) is 0.165. The van der Waals surface area contributed by atoms with Crippen LogP contribution >= 0.6 is 0 Å². The standard InChI is InChI=1S/C24H50O.C3H8/c1-3-5-7-9-11-13-15-17-19-21-23-25-24-22-20-18-16-14-12-10-8-6-4-2;1-3-2/h3-24H2,1-2H3;3H2,1-2H3. The number of rotatable bonds is 22. The van der Waals surface area contributed by atoms with E-state index in [-0.39, 0.29) is 0 Å². The van der Waals surface area contributed by atoms with Crippen LogP contribution < -0.4 is 0 Å². The maximum absolute atomic E-state index is 5.78. The molecule has 0 aromatic rings. The molecule has 0 saturated carbocycles. The third-order valence-electron chi connectivity index (χ3n) is 5.28. The Morgan fingerprint density at radius 2 is 0.536 bits per heavy atom. The highest BCUT2D eigenvalue weighted by atomic mass is 16.5. The first-order valence-electron chi connectivity index (χ1n) is 13.4. The number of hydrogen-bond donors (Lipinski definition) is 0. The zero-order valence-corrected chi connectivity index (χ0v) is 20.7. The van der Waals surface area contributed by atoms with Gasteiger partial charge in [-0.1, -0.05) is 150 Å². The van der Waals surface area contributed by atoms with Crippen LogP contribution in [0.2, 0.25) is 0 Å². The summed E-state index contributed by atoms with van der Waals surface area (Å²) < 4.78 is 5.78. The van der Waals surface area contributed by atoms with Gasteiger partial charge in [0.25, 0.3) is 0 Å². The molecule has 0 bridgehead atoms. The lowest BCUT2D eigenvalue weighted by Crippen LogP contribution is -1.97. The molecule has 0 saturated heterocycles. The summed E-state index contributed by atoms with van der Waals surface area (Å²) in [7, 11) is 0. The molecule has 0 aliphatic heterocycles. The molecular formula is C27H58O. The second-order valence-electron chi connectivity index (χ2n) is 8.68. The topological polar surface area (TPSA) is 9.23 Å². The molecule has 0 aromatic carbocycles. The maximum Gasteiger partial charge on any atom is 0.0466 e. The Labute approximate surface area is 180 Å². The minimum absolute atomic E-state index is 0.994. The van der Waals surface area contributed by atoms with Gasteiger partial charge in [-0.25, -0.2) is 0 Å². The second kappa shape index (κ2) is 31.6. The largest absolute Gasteiger partial charge is 0.381 e. The van der Waals surface area contributed by atoms with Crippen LogP contribution in [-0.4, -0.2) is 13.2 Å². The highest BCUT2D eigenvalue weighted by Gasteiger charge is 1.95. The molecule has 28 heavy (non-hydrogen) atoms. The van der Waals surface area contributed by atoms with Crippen molar-refractivity contribution in [3.63, 3.8) is 0 Å². The van der Waals surface area contributed by atoms with Crippen LogP contribution in [0.25, 0.3) is 0 Å². The van der Waals surface area contributed by atoms with E-state index >= 15 is 0 Å². The van der Waals surface area contributed by atoms with Crippen molar-refractivity contribution in [2.45, 2.75) is 163 Å². The van der Waals surface area contributed by atoms with E-state index in [0.717, 1.165) is 13.2 Å². The maximum atomic E-state index is 5.78. The summed E-state index contributed by atoms with van der Waals surface area (Å²) in [6.07, 6.45) is 29.4. The van der Waals surface area contributed by atoms with Crippen molar-refractivity contribution in [3.05, 3.63) is 0 Å². The van der Waals surface area contributed by atoms with Crippen LogP contribution in [0.4, 0.5) is 0 Å². The Kier molecular flexibility index (Phi) is 34.1. The number of ether oxygens (including phenoxy) is 1. The molecule has 0 radical (unpaired) electrons. The average Bonchev–Trinajstić information content (AvgIpc) is 2.70. The second-order valence-corrected chi connectivity index (χ2v) is 8.68. The van der Waals surface area contributed by atoms with Gasteiger partial charge in [0.15, 0.2) is 0 Å². The Bertz CT molecular complexity index is 204. The minimum Gasteiger partial charge on any atom is -0.381 e. The van der Waals surface area contributed by atoms with E-state index in [9.17, 15) is 0 Å². The first-order chi connectivity index (χ1) is 13.8. The molecule has 0 spiro atoms. The van der Waals surface area contributed by atoms with Crippen LogP contribution in [0.3, 0.4) is 0 Å². The summed E-state index contributed by atoms with van der Waals surface area (Å²) >= 11 is 0. The van der Waals surface area contributed by atoms with E-state index in [2.05, 4.69) is 27.7 Å². The Morgan fingerprint density at radius 3 is 0.786 bits per heavy atom.